The number of ketones is 1. The van der Waals surface area contributed by atoms with Gasteiger partial charge in [-0.15, -0.1) is 0 Å². The number of cyclic esters (lactones) is 1. The van der Waals surface area contributed by atoms with E-state index in [2.05, 4.69) is 0 Å². The summed E-state index contributed by atoms with van der Waals surface area (Å²) < 4.78 is 16.5. The van der Waals surface area contributed by atoms with E-state index in [1.165, 1.54) is 11.8 Å². The molecule has 0 bridgehead atoms. The van der Waals surface area contributed by atoms with E-state index in [1.54, 1.807) is 54.5 Å². The molecule has 2 aliphatic heterocycles. The molecule has 40 heavy (non-hydrogen) atoms. The number of aliphatic hydroxyl groups excluding tert-OH is 1. The monoisotopic (exact) mass is 558 g/mol. The summed E-state index contributed by atoms with van der Waals surface area (Å²) in [5, 5.41) is 11.1. The number of carbonyl (C=O) groups excluding carboxylic acids is 4. The maximum Gasteiger partial charge on any atom is 0.417 e. The Hall–Kier alpha value is -3.24. The molecule has 0 saturated carbocycles. The Kier molecular flexibility index (Phi) is 9.46. The Balaban J connectivity index is 1.71. The van der Waals surface area contributed by atoms with Crippen LogP contribution in [0.3, 0.4) is 0 Å². The second kappa shape index (κ2) is 12.1. The van der Waals surface area contributed by atoms with Crippen molar-refractivity contribution >= 4 is 23.9 Å². The molecule has 1 N–H and O–H groups in total. The van der Waals surface area contributed by atoms with Crippen molar-refractivity contribution in [3.63, 3.8) is 0 Å². The van der Waals surface area contributed by atoms with Crippen molar-refractivity contribution in [1.29, 1.82) is 0 Å². The fourth-order valence-electron chi connectivity index (χ4n) is 5.07. The Morgan fingerprint density at radius 2 is 1.77 bits per heavy atom. The van der Waals surface area contributed by atoms with Crippen LogP contribution in [0.5, 0.6) is 0 Å². The summed E-state index contributed by atoms with van der Waals surface area (Å²) in [6.07, 6.45) is -0.455. The average molecular weight is 559 g/mol. The van der Waals surface area contributed by atoms with Crippen molar-refractivity contribution in [3.05, 3.63) is 47.5 Å². The topological polar surface area (TPSA) is 123 Å². The van der Waals surface area contributed by atoms with Gasteiger partial charge >= 0.3 is 12.2 Å². The van der Waals surface area contributed by atoms with Crippen LogP contribution >= 0.6 is 0 Å². The molecular formula is C30H42N2O8. The molecule has 1 aromatic carbocycles. The van der Waals surface area contributed by atoms with Crippen LogP contribution in [0.1, 0.15) is 61.0 Å². The van der Waals surface area contributed by atoms with Crippen LogP contribution in [-0.4, -0.2) is 81.5 Å². The van der Waals surface area contributed by atoms with Gasteiger partial charge in [-0.05, 0) is 66.0 Å². The lowest BCUT2D eigenvalue weighted by Crippen LogP contribution is -2.49. The Bertz CT molecular complexity index is 1140. The number of amides is 3. The Morgan fingerprint density at radius 3 is 2.38 bits per heavy atom. The summed E-state index contributed by atoms with van der Waals surface area (Å²) >= 11 is 0. The van der Waals surface area contributed by atoms with Gasteiger partial charge in [-0.2, -0.15) is 0 Å². The highest BCUT2D eigenvalue weighted by atomic mass is 16.6. The van der Waals surface area contributed by atoms with E-state index in [-0.39, 0.29) is 13.2 Å². The van der Waals surface area contributed by atoms with Gasteiger partial charge in [0.05, 0.1) is 30.7 Å². The summed E-state index contributed by atoms with van der Waals surface area (Å²) in [5.41, 5.74) is -0.253. The van der Waals surface area contributed by atoms with Crippen molar-refractivity contribution in [1.82, 2.24) is 9.80 Å². The number of carbonyl (C=O) groups is 4. The quantitative estimate of drug-likeness (QED) is 0.374. The maximum atomic E-state index is 13.3. The zero-order chi connectivity index (χ0) is 30.0. The van der Waals surface area contributed by atoms with E-state index in [4.69, 9.17) is 14.2 Å². The largest absolute Gasteiger partial charge is 0.447 e. The molecule has 10 heteroatoms. The highest BCUT2D eigenvalue weighted by Gasteiger charge is 2.46. The first-order chi connectivity index (χ1) is 18.5. The number of rotatable bonds is 8. The molecule has 0 aliphatic carbocycles. The number of imide groups is 1. The van der Waals surface area contributed by atoms with Crippen LogP contribution < -0.4 is 0 Å². The highest BCUT2D eigenvalue weighted by molar-refractivity contribution is 6.07. The molecule has 2 aliphatic rings. The molecule has 2 heterocycles. The van der Waals surface area contributed by atoms with Gasteiger partial charge in [-0.25, -0.2) is 14.5 Å². The lowest BCUT2D eigenvalue weighted by Gasteiger charge is -2.34. The predicted molar refractivity (Wildman–Crippen MR) is 147 cm³/mol. The van der Waals surface area contributed by atoms with Gasteiger partial charge in [0.15, 0.2) is 5.78 Å². The van der Waals surface area contributed by atoms with Crippen LogP contribution in [0.2, 0.25) is 0 Å². The average Bonchev–Trinajstić information content (AvgIpc) is 3.38. The Morgan fingerprint density at radius 1 is 1.15 bits per heavy atom. The summed E-state index contributed by atoms with van der Waals surface area (Å²) in [4.78, 5) is 54.5. The van der Waals surface area contributed by atoms with Crippen molar-refractivity contribution in [3.8, 4) is 0 Å². The minimum atomic E-state index is -1.22. The third kappa shape index (κ3) is 7.09. The number of hydrogen-bond donors (Lipinski definition) is 1. The summed E-state index contributed by atoms with van der Waals surface area (Å²) in [5.74, 6) is -3.29. The first-order valence-electron chi connectivity index (χ1n) is 13.6. The smallest absolute Gasteiger partial charge is 0.417 e. The van der Waals surface area contributed by atoms with E-state index in [9.17, 15) is 24.3 Å². The SMILES string of the molecule is C/C(=C\[C@@H]1COC(C)(C)N1C(=O)OC(C)(C)C)[C@H](O)[C@H](C)C(=O)[C@@H](C)C(=O)N1C(=O)OC[C@@H]1Cc1ccccc1. The van der Waals surface area contributed by atoms with Gasteiger partial charge in [0.25, 0.3) is 0 Å². The lowest BCUT2D eigenvalue weighted by atomic mass is 9.86. The second-order valence-electron chi connectivity index (χ2n) is 12.1. The molecule has 2 fully saturated rings. The first kappa shape index (κ1) is 31.3. The minimum absolute atomic E-state index is 0.0500. The van der Waals surface area contributed by atoms with E-state index in [1.807, 2.05) is 30.3 Å². The van der Waals surface area contributed by atoms with Crippen molar-refractivity contribution < 1.29 is 38.5 Å². The molecule has 1 aromatic rings. The molecule has 2 saturated heterocycles. The third-order valence-corrected chi connectivity index (χ3v) is 7.26. The van der Waals surface area contributed by atoms with E-state index in [0.717, 1.165) is 10.5 Å². The van der Waals surface area contributed by atoms with Crippen molar-refractivity contribution in [2.75, 3.05) is 13.2 Å². The molecule has 0 radical (unpaired) electrons. The first-order valence-corrected chi connectivity index (χ1v) is 13.6. The molecule has 220 valence electrons. The van der Waals surface area contributed by atoms with Crippen LogP contribution in [0.25, 0.3) is 0 Å². The highest BCUT2D eigenvalue weighted by Crippen LogP contribution is 2.31. The fourth-order valence-corrected chi connectivity index (χ4v) is 5.07. The van der Waals surface area contributed by atoms with E-state index in [0.29, 0.717) is 12.0 Å². The number of hydrogen-bond acceptors (Lipinski definition) is 8. The predicted octanol–water partition coefficient (Wildman–Crippen LogP) is 4.10. The Labute approximate surface area is 236 Å². The zero-order valence-corrected chi connectivity index (χ0v) is 24.7. The standard InChI is InChI=1S/C30H42N2O8/c1-18(14-23-17-39-30(7,8)32(23)28(37)40-29(4,5)6)24(33)19(2)25(34)20(3)26(35)31-22(16-38-27(31)36)15-21-12-10-9-11-13-21/h9-14,19-20,22-24,33H,15-17H2,1-8H3/b18-14+/t19-,20+,22-,23+,24-/m0/s1. The summed E-state index contributed by atoms with van der Waals surface area (Å²) in [6, 6.07) is 8.36. The van der Waals surface area contributed by atoms with Crippen LogP contribution in [0.15, 0.2) is 42.0 Å². The van der Waals surface area contributed by atoms with Crippen LogP contribution in [-0.2, 0) is 30.2 Å². The van der Waals surface area contributed by atoms with Gasteiger partial charge in [0, 0.05) is 5.92 Å². The molecule has 0 spiro atoms. The minimum Gasteiger partial charge on any atom is -0.447 e. The number of Topliss-reactive ketones (excluding diaryl/α,β-unsaturated/α-hetero) is 1. The molecule has 10 nitrogen and oxygen atoms in total. The number of aliphatic hydroxyl groups is 1. The third-order valence-electron chi connectivity index (χ3n) is 7.26. The van der Waals surface area contributed by atoms with Gasteiger partial charge in [-0.3, -0.25) is 14.5 Å². The lowest BCUT2D eigenvalue weighted by molar-refractivity contribution is -0.141. The number of benzene rings is 1. The second-order valence-corrected chi connectivity index (χ2v) is 12.1. The van der Waals surface area contributed by atoms with Crippen LogP contribution in [0.4, 0.5) is 9.59 Å². The van der Waals surface area contributed by atoms with Gasteiger partial charge in [-0.1, -0.05) is 43.3 Å². The van der Waals surface area contributed by atoms with Gasteiger partial charge in [0.2, 0.25) is 5.91 Å². The van der Waals surface area contributed by atoms with Gasteiger partial charge < -0.3 is 19.3 Å². The van der Waals surface area contributed by atoms with Gasteiger partial charge in [0.1, 0.15) is 17.9 Å². The molecule has 3 rings (SSSR count). The zero-order valence-electron chi connectivity index (χ0n) is 24.7. The fraction of sp³-hybridized carbons (Fsp3) is 0.600. The molecule has 0 unspecified atom stereocenters. The van der Waals surface area contributed by atoms with E-state index < -0.39 is 65.2 Å². The van der Waals surface area contributed by atoms with Crippen LogP contribution in [0, 0.1) is 11.8 Å². The maximum absolute atomic E-state index is 13.3. The van der Waals surface area contributed by atoms with E-state index >= 15 is 0 Å². The summed E-state index contributed by atoms with van der Waals surface area (Å²) in [7, 11) is 0. The number of ether oxygens (including phenoxy) is 3. The van der Waals surface area contributed by atoms with Crippen molar-refractivity contribution in [2.24, 2.45) is 11.8 Å². The molecule has 5 atom stereocenters. The van der Waals surface area contributed by atoms with Crippen molar-refractivity contribution in [2.45, 2.75) is 91.3 Å². The molecule has 3 amide bonds. The summed E-state index contributed by atoms with van der Waals surface area (Å²) in [6.45, 7) is 13.7. The number of nitrogens with zero attached hydrogens (tertiary/aromatic N) is 2. The molecular weight excluding hydrogens is 516 g/mol. The normalized spacial score (nSPS) is 23.4. The molecule has 0 aromatic heterocycles.